The second-order valence-corrected chi connectivity index (χ2v) is 9.67. The largest absolute Gasteiger partial charge is 0.457 e. The number of aryl methyl sites for hydroxylation is 1. The van der Waals surface area contributed by atoms with Gasteiger partial charge in [-0.2, -0.15) is 0 Å². The van der Waals surface area contributed by atoms with Crippen LogP contribution in [0.1, 0.15) is 53.4 Å². The Labute approximate surface area is 218 Å². The molecule has 0 aliphatic carbocycles. The number of esters is 1. The monoisotopic (exact) mass is 490 g/mol. The third-order valence-corrected chi connectivity index (χ3v) is 6.38. The summed E-state index contributed by atoms with van der Waals surface area (Å²) in [7, 11) is 0. The standard InChI is InChI=1S/C33H30O4/c1-22(2)32(35)37-30-20-14-27(15-21-30)33(4,5)26-12-18-29(19-13-26)36-28-16-10-25(11-17-28)31(34)24-8-6-23(3)7-9-24/h6-21H,1H2,2-5H3. The van der Waals surface area contributed by atoms with Crippen molar-refractivity contribution >= 4 is 11.8 Å². The summed E-state index contributed by atoms with van der Waals surface area (Å²) in [5.41, 5.74) is 4.70. The molecule has 0 aromatic heterocycles. The van der Waals surface area contributed by atoms with Gasteiger partial charge in [0.05, 0.1) is 0 Å². The van der Waals surface area contributed by atoms with Crippen LogP contribution < -0.4 is 9.47 Å². The summed E-state index contributed by atoms with van der Waals surface area (Å²) in [4.78, 5) is 24.4. The Morgan fingerprint density at radius 2 is 1.05 bits per heavy atom. The van der Waals surface area contributed by atoms with E-state index in [1.165, 1.54) is 0 Å². The zero-order valence-corrected chi connectivity index (χ0v) is 21.6. The first-order chi connectivity index (χ1) is 17.6. The van der Waals surface area contributed by atoms with Crippen molar-refractivity contribution in [2.75, 3.05) is 0 Å². The Balaban J connectivity index is 1.42. The van der Waals surface area contributed by atoms with E-state index in [-0.39, 0.29) is 11.2 Å². The molecule has 4 rings (SSSR count). The molecule has 0 unspecified atom stereocenters. The molecule has 0 aliphatic rings. The molecule has 0 fully saturated rings. The zero-order chi connectivity index (χ0) is 26.6. The van der Waals surface area contributed by atoms with Crippen molar-refractivity contribution in [1.82, 2.24) is 0 Å². The molecule has 0 bridgehead atoms. The predicted octanol–water partition coefficient (Wildman–Crippen LogP) is 7.83. The van der Waals surface area contributed by atoms with Crippen LogP contribution in [0.25, 0.3) is 0 Å². The number of hydrogen-bond acceptors (Lipinski definition) is 4. The van der Waals surface area contributed by atoms with Gasteiger partial charge < -0.3 is 9.47 Å². The van der Waals surface area contributed by atoms with Crippen LogP contribution in [-0.2, 0) is 10.2 Å². The van der Waals surface area contributed by atoms with Gasteiger partial charge in [-0.1, -0.05) is 74.5 Å². The molecule has 4 aromatic rings. The number of carbonyl (C=O) groups excluding carboxylic acids is 2. The van der Waals surface area contributed by atoms with Crippen LogP contribution >= 0.6 is 0 Å². The molecule has 4 aromatic carbocycles. The second kappa shape index (κ2) is 10.7. The van der Waals surface area contributed by atoms with Gasteiger partial charge in [-0.05, 0) is 73.5 Å². The summed E-state index contributed by atoms with van der Waals surface area (Å²) in [6, 6.07) is 30.2. The Kier molecular flexibility index (Phi) is 7.40. The molecule has 4 heteroatoms. The van der Waals surface area contributed by atoms with Gasteiger partial charge in [0, 0.05) is 22.1 Å². The van der Waals surface area contributed by atoms with Crippen LogP contribution in [-0.4, -0.2) is 11.8 Å². The van der Waals surface area contributed by atoms with E-state index in [1.807, 2.05) is 79.7 Å². The van der Waals surface area contributed by atoms with Gasteiger partial charge >= 0.3 is 5.97 Å². The lowest BCUT2D eigenvalue weighted by Gasteiger charge is -2.26. The second-order valence-electron chi connectivity index (χ2n) is 9.67. The van der Waals surface area contributed by atoms with Crippen molar-refractivity contribution in [3.8, 4) is 17.2 Å². The van der Waals surface area contributed by atoms with Crippen molar-refractivity contribution in [3.63, 3.8) is 0 Å². The van der Waals surface area contributed by atoms with Gasteiger partial charge in [-0.3, -0.25) is 4.79 Å². The average Bonchev–Trinajstić information content (AvgIpc) is 2.90. The molecule has 0 atom stereocenters. The summed E-state index contributed by atoms with van der Waals surface area (Å²) >= 11 is 0. The molecule has 0 spiro atoms. The number of ketones is 1. The van der Waals surface area contributed by atoms with Crippen molar-refractivity contribution in [1.29, 1.82) is 0 Å². The Morgan fingerprint density at radius 3 is 1.51 bits per heavy atom. The summed E-state index contributed by atoms with van der Waals surface area (Å²) in [6.45, 7) is 11.5. The van der Waals surface area contributed by atoms with Crippen LogP contribution in [0.5, 0.6) is 17.2 Å². The lowest BCUT2D eigenvalue weighted by atomic mass is 9.78. The normalized spacial score (nSPS) is 11.0. The zero-order valence-electron chi connectivity index (χ0n) is 21.6. The van der Waals surface area contributed by atoms with Crippen molar-refractivity contribution in [2.45, 2.75) is 33.1 Å². The van der Waals surface area contributed by atoms with E-state index in [1.54, 1.807) is 31.2 Å². The van der Waals surface area contributed by atoms with Crippen LogP contribution in [0, 0.1) is 6.92 Å². The van der Waals surface area contributed by atoms with Gasteiger partial charge in [0.1, 0.15) is 17.2 Å². The van der Waals surface area contributed by atoms with E-state index in [0.717, 1.165) is 16.7 Å². The molecular weight excluding hydrogens is 460 g/mol. The maximum Gasteiger partial charge on any atom is 0.338 e. The molecule has 0 saturated carbocycles. The van der Waals surface area contributed by atoms with Crippen molar-refractivity contribution in [3.05, 3.63) is 137 Å². The molecule has 0 amide bonds. The van der Waals surface area contributed by atoms with Gasteiger partial charge in [0.25, 0.3) is 0 Å². The van der Waals surface area contributed by atoms with E-state index in [0.29, 0.717) is 33.9 Å². The lowest BCUT2D eigenvalue weighted by Crippen LogP contribution is -2.18. The molecule has 4 nitrogen and oxygen atoms in total. The highest BCUT2D eigenvalue weighted by atomic mass is 16.5. The first-order valence-electron chi connectivity index (χ1n) is 12.1. The van der Waals surface area contributed by atoms with Crippen molar-refractivity contribution in [2.24, 2.45) is 0 Å². The lowest BCUT2D eigenvalue weighted by molar-refractivity contribution is -0.130. The van der Waals surface area contributed by atoms with Gasteiger partial charge in [-0.15, -0.1) is 0 Å². The Hall–Kier alpha value is -4.44. The van der Waals surface area contributed by atoms with Gasteiger partial charge in [0.2, 0.25) is 0 Å². The van der Waals surface area contributed by atoms with Crippen LogP contribution in [0.4, 0.5) is 0 Å². The molecule has 186 valence electrons. The van der Waals surface area contributed by atoms with E-state index < -0.39 is 5.97 Å². The van der Waals surface area contributed by atoms with Crippen LogP contribution in [0.3, 0.4) is 0 Å². The first-order valence-corrected chi connectivity index (χ1v) is 12.1. The highest BCUT2D eigenvalue weighted by molar-refractivity contribution is 6.09. The summed E-state index contributed by atoms with van der Waals surface area (Å²) in [5, 5.41) is 0. The smallest absolute Gasteiger partial charge is 0.338 e. The average molecular weight is 491 g/mol. The number of carbonyl (C=O) groups is 2. The molecule has 0 N–H and O–H groups in total. The third-order valence-electron chi connectivity index (χ3n) is 6.38. The molecule has 0 aliphatic heterocycles. The van der Waals surface area contributed by atoms with E-state index in [4.69, 9.17) is 9.47 Å². The van der Waals surface area contributed by atoms with Crippen molar-refractivity contribution < 1.29 is 19.1 Å². The summed E-state index contributed by atoms with van der Waals surface area (Å²) in [5.74, 6) is 1.41. The first kappa shape index (κ1) is 25.6. The molecule has 37 heavy (non-hydrogen) atoms. The SMILES string of the molecule is C=C(C)C(=O)Oc1ccc(C(C)(C)c2ccc(Oc3ccc(C(=O)c4ccc(C)cc4)cc3)cc2)cc1. The van der Waals surface area contributed by atoms with Gasteiger partial charge in [-0.25, -0.2) is 4.79 Å². The summed E-state index contributed by atoms with van der Waals surface area (Å²) in [6.07, 6.45) is 0. The third kappa shape index (κ3) is 6.04. The molecule has 0 radical (unpaired) electrons. The van der Waals surface area contributed by atoms with E-state index in [2.05, 4.69) is 20.4 Å². The highest BCUT2D eigenvalue weighted by Gasteiger charge is 2.23. The molecule has 0 saturated heterocycles. The summed E-state index contributed by atoms with van der Waals surface area (Å²) < 4.78 is 11.3. The topological polar surface area (TPSA) is 52.6 Å². The number of hydrogen-bond donors (Lipinski definition) is 0. The predicted molar refractivity (Wildman–Crippen MR) is 147 cm³/mol. The highest BCUT2D eigenvalue weighted by Crippen LogP contribution is 2.34. The molecular formula is C33H30O4. The Bertz CT molecular complexity index is 1410. The Morgan fingerprint density at radius 1 is 0.649 bits per heavy atom. The van der Waals surface area contributed by atoms with E-state index in [9.17, 15) is 9.59 Å². The van der Waals surface area contributed by atoms with E-state index >= 15 is 0 Å². The fraction of sp³-hybridized carbons (Fsp3) is 0.152. The maximum atomic E-state index is 12.7. The number of benzene rings is 4. The minimum atomic E-state index is -0.435. The minimum Gasteiger partial charge on any atom is -0.457 e. The molecule has 0 heterocycles. The fourth-order valence-corrected chi connectivity index (χ4v) is 3.92. The quantitative estimate of drug-likeness (QED) is 0.109. The number of rotatable bonds is 8. The van der Waals surface area contributed by atoms with Crippen LogP contribution in [0.15, 0.2) is 109 Å². The maximum absolute atomic E-state index is 12.7. The number of ether oxygens (including phenoxy) is 2. The van der Waals surface area contributed by atoms with Gasteiger partial charge in [0.15, 0.2) is 5.78 Å². The minimum absolute atomic E-state index is 0.0138. The van der Waals surface area contributed by atoms with Crippen LogP contribution in [0.2, 0.25) is 0 Å². The fourth-order valence-electron chi connectivity index (χ4n) is 3.92.